The molecule has 0 aromatic rings. The van der Waals surface area contributed by atoms with Crippen molar-refractivity contribution in [3.8, 4) is 0 Å². The molecule has 0 heterocycles. The summed E-state index contributed by atoms with van der Waals surface area (Å²) in [5.41, 5.74) is 0. The lowest BCUT2D eigenvalue weighted by atomic mass is 11.0. The van der Waals surface area contributed by atoms with E-state index in [2.05, 4.69) is 0 Å². The first-order valence-electron chi connectivity index (χ1n) is 1.99. The van der Waals surface area contributed by atoms with E-state index in [0.29, 0.717) is 6.29 Å². The molecule has 1 atom stereocenters. The Hall–Kier alpha value is 0.150. The standard InChI is InChI=1S/C3H10NO2P/c1-4(2)3-7(5)6/h7H,3H2,1-2H3,(H,5,6). The van der Waals surface area contributed by atoms with Gasteiger partial charge in [-0.05, 0) is 14.1 Å². The lowest BCUT2D eigenvalue weighted by Crippen LogP contribution is -2.09. The molecule has 44 valence electrons. The van der Waals surface area contributed by atoms with Gasteiger partial charge in [0.25, 0.3) is 0 Å². The number of hydrogen-bond acceptors (Lipinski definition) is 2. The van der Waals surface area contributed by atoms with E-state index < -0.39 is 8.03 Å². The zero-order valence-corrected chi connectivity index (χ0v) is 5.51. The first-order valence-corrected chi connectivity index (χ1v) is 3.55. The molecule has 0 amide bonds. The molecule has 0 aromatic heterocycles. The predicted molar refractivity (Wildman–Crippen MR) is 29.8 cm³/mol. The van der Waals surface area contributed by atoms with E-state index in [1.807, 2.05) is 0 Å². The lowest BCUT2D eigenvalue weighted by molar-refractivity contribution is 0.431. The lowest BCUT2D eigenvalue weighted by Gasteiger charge is -2.03. The van der Waals surface area contributed by atoms with Gasteiger partial charge >= 0.3 is 0 Å². The van der Waals surface area contributed by atoms with E-state index in [4.69, 9.17) is 4.89 Å². The fourth-order valence-electron chi connectivity index (χ4n) is 0.271. The Bertz CT molecular complexity index is 73.3. The van der Waals surface area contributed by atoms with Crippen LogP contribution in [0.1, 0.15) is 0 Å². The minimum absolute atomic E-state index is 0.296. The van der Waals surface area contributed by atoms with E-state index in [-0.39, 0.29) is 0 Å². The molecule has 3 nitrogen and oxygen atoms in total. The van der Waals surface area contributed by atoms with Crippen LogP contribution in [0.25, 0.3) is 0 Å². The second-order valence-corrected chi connectivity index (χ2v) is 2.74. The van der Waals surface area contributed by atoms with Crippen LogP contribution in [0.5, 0.6) is 0 Å². The Labute approximate surface area is 43.8 Å². The smallest absolute Gasteiger partial charge is 0.202 e. The van der Waals surface area contributed by atoms with E-state index in [0.717, 1.165) is 0 Å². The fraction of sp³-hybridized carbons (Fsp3) is 1.00. The molecule has 0 aliphatic heterocycles. The second-order valence-electron chi connectivity index (χ2n) is 1.63. The predicted octanol–water partition coefficient (Wildman–Crippen LogP) is -0.0275. The number of hydrogen-bond donors (Lipinski definition) is 1. The van der Waals surface area contributed by atoms with Crippen molar-refractivity contribution in [2.75, 3.05) is 20.4 Å². The van der Waals surface area contributed by atoms with Crippen LogP contribution in [-0.4, -0.2) is 30.2 Å². The molecule has 0 bridgehead atoms. The quantitative estimate of drug-likeness (QED) is 0.524. The molecule has 0 rings (SSSR count). The highest BCUT2D eigenvalue weighted by Crippen LogP contribution is 2.11. The molecule has 1 N–H and O–H groups in total. The van der Waals surface area contributed by atoms with Gasteiger partial charge in [-0.25, -0.2) is 0 Å². The van der Waals surface area contributed by atoms with Crippen LogP contribution in [0.3, 0.4) is 0 Å². The normalized spacial score (nSPS) is 14.9. The molecule has 1 unspecified atom stereocenters. The van der Waals surface area contributed by atoms with Gasteiger partial charge in [0, 0.05) is 0 Å². The van der Waals surface area contributed by atoms with Gasteiger partial charge in [0.15, 0.2) is 0 Å². The van der Waals surface area contributed by atoms with Gasteiger partial charge in [-0.2, -0.15) is 0 Å². The molecular formula is C3H10NO2P. The molecule has 7 heavy (non-hydrogen) atoms. The maximum Gasteiger partial charge on any atom is 0.202 e. The van der Waals surface area contributed by atoms with Gasteiger partial charge in [-0.1, -0.05) is 0 Å². The van der Waals surface area contributed by atoms with Gasteiger partial charge in [-0.3, -0.25) is 4.57 Å². The summed E-state index contributed by atoms with van der Waals surface area (Å²) in [4.78, 5) is 9.91. The first-order chi connectivity index (χ1) is 3.13. The third kappa shape index (κ3) is 6.15. The Morgan fingerprint density at radius 3 is 2.14 bits per heavy atom. The number of rotatable bonds is 2. The van der Waals surface area contributed by atoms with E-state index >= 15 is 0 Å². The highest BCUT2D eigenvalue weighted by molar-refractivity contribution is 7.37. The highest BCUT2D eigenvalue weighted by atomic mass is 31.1. The maximum atomic E-state index is 9.95. The fourth-order valence-corrected chi connectivity index (χ4v) is 0.812. The minimum atomic E-state index is -2.26. The summed E-state index contributed by atoms with van der Waals surface area (Å²) in [6.45, 7) is 0. The Morgan fingerprint density at radius 1 is 1.71 bits per heavy atom. The SMILES string of the molecule is CN(C)C[PH](=O)O. The van der Waals surface area contributed by atoms with Gasteiger partial charge in [0.2, 0.25) is 8.03 Å². The van der Waals surface area contributed by atoms with Crippen molar-refractivity contribution in [1.82, 2.24) is 4.90 Å². The Balaban J connectivity index is 3.13. The second kappa shape index (κ2) is 3.19. The summed E-state index contributed by atoms with van der Waals surface area (Å²) in [6, 6.07) is 0. The molecule has 4 heteroatoms. The van der Waals surface area contributed by atoms with Crippen molar-refractivity contribution < 1.29 is 9.46 Å². The molecule has 0 aliphatic carbocycles. The van der Waals surface area contributed by atoms with Crippen molar-refractivity contribution in [2.24, 2.45) is 0 Å². The van der Waals surface area contributed by atoms with Crippen LogP contribution in [-0.2, 0) is 4.57 Å². The van der Waals surface area contributed by atoms with Gasteiger partial charge in [-0.15, -0.1) is 0 Å². The van der Waals surface area contributed by atoms with Gasteiger partial charge in [0.1, 0.15) is 0 Å². The molecule has 0 aliphatic rings. The van der Waals surface area contributed by atoms with E-state index in [1.54, 1.807) is 19.0 Å². The van der Waals surface area contributed by atoms with E-state index in [9.17, 15) is 4.57 Å². The minimum Gasteiger partial charge on any atom is -0.345 e. The summed E-state index contributed by atoms with van der Waals surface area (Å²) < 4.78 is 9.95. The summed E-state index contributed by atoms with van der Waals surface area (Å²) >= 11 is 0. The molecule has 0 saturated heterocycles. The molecule has 0 fully saturated rings. The third-order valence-electron chi connectivity index (χ3n) is 0.451. The van der Waals surface area contributed by atoms with Crippen LogP contribution in [0.15, 0.2) is 0 Å². The summed E-state index contributed by atoms with van der Waals surface area (Å²) in [7, 11) is 1.27. The number of nitrogens with zero attached hydrogens (tertiary/aromatic N) is 1. The zero-order chi connectivity index (χ0) is 5.86. The van der Waals surface area contributed by atoms with Crippen LogP contribution >= 0.6 is 8.03 Å². The third-order valence-corrected chi connectivity index (χ3v) is 1.35. The van der Waals surface area contributed by atoms with Crippen LogP contribution in [0, 0.1) is 0 Å². The summed E-state index contributed by atoms with van der Waals surface area (Å²) in [6.07, 6.45) is 0.296. The molecule has 0 radical (unpaired) electrons. The van der Waals surface area contributed by atoms with Crippen LogP contribution in [0.2, 0.25) is 0 Å². The van der Waals surface area contributed by atoms with E-state index in [1.165, 1.54) is 0 Å². The summed E-state index contributed by atoms with van der Waals surface area (Å²) in [5, 5.41) is 0. The van der Waals surface area contributed by atoms with Crippen molar-refractivity contribution in [3.63, 3.8) is 0 Å². The average Bonchev–Trinajstić information content (AvgIpc) is 1.27. The Kier molecular flexibility index (Phi) is 3.26. The van der Waals surface area contributed by atoms with Gasteiger partial charge < -0.3 is 9.79 Å². The monoisotopic (exact) mass is 123 g/mol. The van der Waals surface area contributed by atoms with Crippen molar-refractivity contribution in [3.05, 3.63) is 0 Å². The highest BCUT2D eigenvalue weighted by Gasteiger charge is 1.91. The largest absolute Gasteiger partial charge is 0.345 e. The topological polar surface area (TPSA) is 40.5 Å². The molecule has 0 spiro atoms. The molecular weight excluding hydrogens is 113 g/mol. The molecule has 0 aromatic carbocycles. The van der Waals surface area contributed by atoms with Gasteiger partial charge in [0.05, 0.1) is 6.29 Å². The van der Waals surface area contributed by atoms with Crippen molar-refractivity contribution in [1.29, 1.82) is 0 Å². The van der Waals surface area contributed by atoms with Crippen molar-refractivity contribution in [2.45, 2.75) is 0 Å². The first kappa shape index (κ1) is 7.15. The average molecular weight is 123 g/mol. The van der Waals surface area contributed by atoms with Crippen molar-refractivity contribution >= 4 is 8.03 Å². The molecule has 0 saturated carbocycles. The Morgan fingerprint density at radius 2 is 2.14 bits per heavy atom. The summed E-state index contributed by atoms with van der Waals surface area (Å²) in [5.74, 6) is 0. The van der Waals surface area contributed by atoms with Crippen LogP contribution < -0.4 is 0 Å². The maximum absolute atomic E-state index is 9.95. The van der Waals surface area contributed by atoms with Crippen LogP contribution in [0.4, 0.5) is 0 Å². The zero-order valence-electron chi connectivity index (χ0n) is 4.51.